The highest BCUT2D eigenvalue weighted by molar-refractivity contribution is 5.07. The first kappa shape index (κ1) is 39.1. The summed E-state index contributed by atoms with van der Waals surface area (Å²) in [4.78, 5) is 4.10. The van der Waals surface area contributed by atoms with E-state index < -0.39 is 0 Å². The Hall–Kier alpha value is -3.95. The number of hydrogen-bond donors (Lipinski definition) is 0. The number of hydrogen-bond acceptors (Lipinski definition) is 5. The molecule has 5 aromatic rings. The van der Waals surface area contributed by atoms with Crippen LogP contribution in [0.25, 0.3) is 0 Å². The zero-order valence-electron chi connectivity index (χ0n) is 30.6. The lowest BCUT2D eigenvalue weighted by molar-refractivity contribution is 0.514. The Balaban J connectivity index is 0.000000281. The molecule has 0 saturated heterocycles. The van der Waals surface area contributed by atoms with E-state index in [0.29, 0.717) is 30.2 Å². The Morgan fingerprint density at radius 1 is 0.511 bits per heavy atom. The largest absolute Gasteiger partial charge is 0.352 e. The van der Waals surface area contributed by atoms with Crippen LogP contribution < -0.4 is 0 Å². The van der Waals surface area contributed by atoms with Crippen molar-refractivity contribution in [2.75, 3.05) is 0 Å². The maximum atomic E-state index is 4.23. The van der Waals surface area contributed by atoms with Crippen LogP contribution in [-0.4, -0.2) is 48.7 Å². The first-order chi connectivity index (χ1) is 21.0. The Bertz CT molecular complexity index is 1200. The molecule has 0 amide bonds. The van der Waals surface area contributed by atoms with Crippen molar-refractivity contribution in [3.05, 3.63) is 90.0 Å². The SMILES string of the molecule is Cc1ccn(C(C)C)c1.Cc1ccn(C(C)C)n1.Cc1cn(C(C)C)cn1.Cc1cn(C(C)C)nn1.Cc1cnn(C(C)C)c1. The van der Waals surface area contributed by atoms with E-state index in [0.717, 1.165) is 17.1 Å². The number of aryl methyl sites for hydroxylation is 5. The Kier molecular flexibility index (Phi) is 16.9. The van der Waals surface area contributed by atoms with Gasteiger partial charge in [-0.2, -0.15) is 10.2 Å². The van der Waals surface area contributed by atoms with Crippen LogP contribution in [-0.2, 0) is 0 Å². The van der Waals surface area contributed by atoms with E-state index in [1.807, 2.05) is 85.1 Å². The number of imidazole rings is 1. The van der Waals surface area contributed by atoms with E-state index in [9.17, 15) is 0 Å². The van der Waals surface area contributed by atoms with E-state index in [1.165, 1.54) is 11.1 Å². The lowest BCUT2D eigenvalue weighted by Crippen LogP contribution is -2.00. The standard InChI is InChI=1S/C8H13N.3C7H12N2.C6H11N3/c1-7(2)9-5-4-8(3)6-9;1-6(2)9-4-7(3)8-5-9;1-6(2)9-5-7(3)4-8-9;1-6(2)9-5-4-7(3)8-9;1-5(2)9-4-6(3)7-8-9/h4-7H,1-3H3;3*4-6H,1-3H3;4-5H,1-3H3. The fourth-order valence-corrected chi connectivity index (χ4v) is 3.62. The number of aromatic nitrogens is 10. The molecule has 0 bridgehead atoms. The summed E-state index contributed by atoms with van der Waals surface area (Å²) in [5.74, 6) is 0. The smallest absolute Gasteiger partial charge is 0.0951 e. The molecule has 0 aromatic carbocycles. The van der Waals surface area contributed by atoms with Crippen LogP contribution >= 0.6 is 0 Å². The summed E-state index contributed by atoms with van der Waals surface area (Å²) in [6, 6.07) is 6.66. The highest BCUT2D eigenvalue weighted by Crippen LogP contribution is 2.07. The maximum absolute atomic E-state index is 4.23. The van der Waals surface area contributed by atoms with E-state index >= 15 is 0 Å². The van der Waals surface area contributed by atoms with Crippen LogP contribution in [0.15, 0.2) is 61.8 Å². The molecular formula is C35H60N10. The van der Waals surface area contributed by atoms with Gasteiger partial charge in [0.2, 0.25) is 0 Å². The Morgan fingerprint density at radius 3 is 1.33 bits per heavy atom. The highest BCUT2D eigenvalue weighted by atomic mass is 15.4. The summed E-state index contributed by atoms with van der Waals surface area (Å²) < 4.78 is 10.0. The predicted octanol–water partition coefficient (Wildman–Crippen LogP) is 8.86. The van der Waals surface area contributed by atoms with Crippen molar-refractivity contribution in [1.29, 1.82) is 0 Å². The Labute approximate surface area is 272 Å². The molecule has 5 aromatic heterocycles. The van der Waals surface area contributed by atoms with Gasteiger partial charge >= 0.3 is 0 Å². The molecule has 45 heavy (non-hydrogen) atoms. The van der Waals surface area contributed by atoms with Crippen molar-refractivity contribution in [3.8, 4) is 0 Å². The van der Waals surface area contributed by atoms with Crippen molar-refractivity contribution in [1.82, 2.24) is 48.7 Å². The highest BCUT2D eigenvalue weighted by Gasteiger charge is 1.99. The van der Waals surface area contributed by atoms with Gasteiger partial charge in [-0.15, -0.1) is 5.10 Å². The predicted molar refractivity (Wildman–Crippen MR) is 187 cm³/mol. The molecular weight excluding hydrogens is 560 g/mol. The second-order valence-corrected chi connectivity index (χ2v) is 12.8. The van der Waals surface area contributed by atoms with Crippen molar-refractivity contribution >= 4 is 0 Å². The third kappa shape index (κ3) is 15.6. The molecule has 0 aliphatic rings. The van der Waals surface area contributed by atoms with Gasteiger partial charge in [0.05, 0.1) is 29.6 Å². The molecule has 5 rings (SSSR count). The fraction of sp³-hybridized carbons (Fsp3) is 0.571. The second-order valence-electron chi connectivity index (χ2n) is 12.8. The quantitative estimate of drug-likeness (QED) is 0.196. The molecule has 5 heterocycles. The summed E-state index contributed by atoms with van der Waals surface area (Å²) >= 11 is 0. The average molecular weight is 621 g/mol. The van der Waals surface area contributed by atoms with Crippen LogP contribution in [0.1, 0.15) is 128 Å². The molecule has 0 saturated carbocycles. The van der Waals surface area contributed by atoms with E-state index in [2.05, 4.69) is 129 Å². The van der Waals surface area contributed by atoms with Crippen LogP contribution in [0.4, 0.5) is 0 Å². The van der Waals surface area contributed by atoms with Gasteiger partial charge < -0.3 is 9.13 Å². The third-order valence-electron chi connectivity index (χ3n) is 6.47. The second kappa shape index (κ2) is 19.4. The van der Waals surface area contributed by atoms with Crippen molar-refractivity contribution in [2.45, 2.75) is 134 Å². The molecule has 10 nitrogen and oxygen atoms in total. The minimum atomic E-state index is 0.422. The minimum absolute atomic E-state index is 0.422. The third-order valence-corrected chi connectivity index (χ3v) is 6.47. The van der Waals surface area contributed by atoms with Gasteiger partial charge in [-0.1, -0.05) is 5.21 Å². The minimum Gasteiger partial charge on any atom is -0.352 e. The van der Waals surface area contributed by atoms with Gasteiger partial charge in [0.25, 0.3) is 0 Å². The molecule has 0 unspecified atom stereocenters. The summed E-state index contributed by atoms with van der Waals surface area (Å²) in [5, 5.41) is 16.1. The van der Waals surface area contributed by atoms with Gasteiger partial charge in [0.1, 0.15) is 0 Å². The van der Waals surface area contributed by atoms with Crippen LogP contribution in [0, 0.1) is 34.6 Å². The molecule has 0 N–H and O–H groups in total. The monoisotopic (exact) mass is 621 g/mol. The van der Waals surface area contributed by atoms with Crippen molar-refractivity contribution in [3.63, 3.8) is 0 Å². The van der Waals surface area contributed by atoms with Gasteiger partial charge in [0, 0.05) is 67.4 Å². The summed E-state index contributed by atoms with van der Waals surface area (Å²) in [6.45, 7) is 31.4. The average Bonchev–Trinajstić information content (AvgIpc) is 3.78. The molecule has 0 aliphatic heterocycles. The Morgan fingerprint density at radius 2 is 1.11 bits per heavy atom. The zero-order chi connectivity index (χ0) is 34.3. The van der Waals surface area contributed by atoms with Crippen LogP contribution in [0.3, 0.4) is 0 Å². The molecule has 250 valence electrons. The molecule has 0 fully saturated rings. The first-order valence-corrected chi connectivity index (χ1v) is 16.0. The molecule has 0 aliphatic carbocycles. The molecule has 0 atom stereocenters. The van der Waals surface area contributed by atoms with Gasteiger partial charge in [-0.3, -0.25) is 9.36 Å². The first-order valence-electron chi connectivity index (χ1n) is 16.0. The van der Waals surface area contributed by atoms with Gasteiger partial charge in [0.15, 0.2) is 0 Å². The molecule has 0 radical (unpaired) electrons. The molecule has 0 spiro atoms. The number of nitrogens with zero attached hydrogens (tertiary/aromatic N) is 10. The molecule has 10 heteroatoms. The van der Waals surface area contributed by atoms with Gasteiger partial charge in [-0.25, -0.2) is 9.67 Å². The number of rotatable bonds is 5. The lowest BCUT2D eigenvalue weighted by atomic mass is 10.4. The van der Waals surface area contributed by atoms with E-state index in [4.69, 9.17) is 0 Å². The summed E-state index contributed by atoms with van der Waals surface area (Å²) in [7, 11) is 0. The normalized spacial score (nSPS) is 10.7. The summed E-state index contributed by atoms with van der Waals surface area (Å²) in [5.41, 5.74) is 5.71. The van der Waals surface area contributed by atoms with Crippen molar-refractivity contribution < 1.29 is 0 Å². The lowest BCUT2D eigenvalue weighted by Gasteiger charge is -2.04. The van der Waals surface area contributed by atoms with E-state index in [-0.39, 0.29) is 0 Å². The maximum Gasteiger partial charge on any atom is 0.0951 e. The fourth-order valence-electron chi connectivity index (χ4n) is 3.62. The summed E-state index contributed by atoms with van der Waals surface area (Å²) in [6.07, 6.45) is 16.0. The van der Waals surface area contributed by atoms with Crippen molar-refractivity contribution in [2.24, 2.45) is 0 Å². The van der Waals surface area contributed by atoms with Crippen LogP contribution in [0.2, 0.25) is 0 Å². The zero-order valence-corrected chi connectivity index (χ0v) is 30.6. The van der Waals surface area contributed by atoms with E-state index in [1.54, 1.807) is 0 Å². The van der Waals surface area contributed by atoms with Gasteiger partial charge in [-0.05, 0) is 127 Å². The van der Waals surface area contributed by atoms with Crippen LogP contribution in [0.5, 0.6) is 0 Å². The topological polar surface area (TPSA) is 89.1 Å².